The summed E-state index contributed by atoms with van der Waals surface area (Å²) >= 11 is 0. The van der Waals surface area contributed by atoms with Gasteiger partial charge in [-0.05, 0) is 25.5 Å². The zero-order valence-electron chi connectivity index (χ0n) is 10.9. The Morgan fingerprint density at radius 1 is 1.58 bits per heavy atom. The van der Waals surface area contributed by atoms with Crippen LogP contribution in [0.4, 0.5) is 11.4 Å². The van der Waals surface area contributed by atoms with Crippen molar-refractivity contribution in [3.8, 4) is 0 Å². The summed E-state index contributed by atoms with van der Waals surface area (Å²) in [6.07, 6.45) is 0.685. The number of nitrogens with two attached hydrogens (primary N) is 1. The topological polar surface area (TPSA) is 107 Å². The molecule has 0 spiro atoms. The number of nitro groups is 1. The molecule has 0 bridgehead atoms. The van der Waals surface area contributed by atoms with Crippen LogP contribution in [0.15, 0.2) is 18.2 Å². The van der Waals surface area contributed by atoms with Crippen molar-refractivity contribution in [2.24, 2.45) is 0 Å². The number of benzene rings is 1. The maximum atomic E-state index is 11.9. The molecule has 0 radical (unpaired) electrons. The van der Waals surface area contributed by atoms with Crippen LogP contribution in [0.25, 0.3) is 0 Å². The number of ether oxygens (including phenoxy) is 1. The molecule has 0 aromatic heterocycles. The first-order valence-corrected chi connectivity index (χ1v) is 5.79. The molecule has 0 aliphatic rings. The Morgan fingerprint density at radius 3 is 2.79 bits per heavy atom. The number of carbonyl (C=O) groups is 1. The molecule has 19 heavy (non-hydrogen) atoms. The van der Waals surface area contributed by atoms with Crippen LogP contribution in [-0.4, -0.2) is 30.6 Å². The van der Waals surface area contributed by atoms with Crippen molar-refractivity contribution >= 4 is 17.3 Å². The predicted molar refractivity (Wildman–Crippen MR) is 70.9 cm³/mol. The van der Waals surface area contributed by atoms with Crippen LogP contribution in [-0.2, 0) is 4.74 Å². The summed E-state index contributed by atoms with van der Waals surface area (Å²) < 4.78 is 4.91. The highest BCUT2D eigenvalue weighted by molar-refractivity contribution is 5.95. The Balaban J connectivity index is 2.72. The number of carbonyl (C=O) groups excluding carboxylic acids is 1. The van der Waals surface area contributed by atoms with Gasteiger partial charge in [0.25, 0.3) is 11.6 Å². The molecule has 7 nitrogen and oxygen atoms in total. The van der Waals surface area contributed by atoms with Crippen molar-refractivity contribution in [1.29, 1.82) is 0 Å². The van der Waals surface area contributed by atoms with Gasteiger partial charge in [-0.3, -0.25) is 14.9 Å². The van der Waals surface area contributed by atoms with Crippen LogP contribution >= 0.6 is 0 Å². The van der Waals surface area contributed by atoms with E-state index in [1.165, 1.54) is 18.2 Å². The van der Waals surface area contributed by atoms with Crippen molar-refractivity contribution in [1.82, 2.24) is 5.32 Å². The van der Waals surface area contributed by atoms with E-state index in [0.29, 0.717) is 18.6 Å². The van der Waals surface area contributed by atoms with E-state index in [1.807, 2.05) is 6.92 Å². The van der Waals surface area contributed by atoms with E-state index in [9.17, 15) is 14.9 Å². The van der Waals surface area contributed by atoms with Crippen LogP contribution in [0, 0.1) is 10.1 Å². The van der Waals surface area contributed by atoms with Gasteiger partial charge in [0.2, 0.25) is 0 Å². The third-order valence-corrected chi connectivity index (χ3v) is 2.62. The molecule has 0 aliphatic heterocycles. The lowest BCUT2D eigenvalue weighted by Crippen LogP contribution is -2.33. The number of amides is 1. The Labute approximate surface area is 110 Å². The molecule has 1 atom stereocenters. The second kappa shape index (κ2) is 6.69. The zero-order chi connectivity index (χ0) is 14.4. The molecule has 0 saturated carbocycles. The maximum absolute atomic E-state index is 11.9. The third kappa shape index (κ3) is 4.22. The van der Waals surface area contributed by atoms with E-state index in [1.54, 1.807) is 7.11 Å². The summed E-state index contributed by atoms with van der Waals surface area (Å²) in [6.45, 7) is 2.40. The largest absolute Gasteiger partial charge is 0.393 e. The van der Waals surface area contributed by atoms with Gasteiger partial charge < -0.3 is 15.8 Å². The summed E-state index contributed by atoms with van der Waals surface area (Å²) in [4.78, 5) is 21.9. The van der Waals surface area contributed by atoms with Crippen LogP contribution in [0.2, 0.25) is 0 Å². The number of nitrogen functional groups attached to an aromatic ring is 1. The second-order valence-corrected chi connectivity index (χ2v) is 4.19. The molecule has 1 aromatic rings. The molecular weight excluding hydrogens is 250 g/mol. The summed E-state index contributed by atoms with van der Waals surface area (Å²) in [5.41, 5.74) is 5.60. The number of anilines is 1. The summed E-state index contributed by atoms with van der Waals surface area (Å²) in [6, 6.07) is 3.86. The first-order valence-electron chi connectivity index (χ1n) is 5.79. The Hall–Kier alpha value is -2.15. The summed E-state index contributed by atoms with van der Waals surface area (Å²) in [7, 11) is 1.59. The number of methoxy groups -OCH3 is 1. The highest BCUT2D eigenvalue weighted by Crippen LogP contribution is 2.21. The van der Waals surface area contributed by atoms with Crippen molar-refractivity contribution in [2.75, 3.05) is 19.5 Å². The van der Waals surface area contributed by atoms with Gasteiger partial charge in [0.15, 0.2) is 0 Å². The standard InChI is InChI=1S/C12H17N3O4/c1-8(5-6-19-2)14-12(16)9-3-4-11(15(17)18)10(13)7-9/h3-4,7-8H,5-6,13H2,1-2H3,(H,14,16). The number of nitro benzene ring substituents is 1. The lowest BCUT2D eigenvalue weighted by molar-refractivity contribution is -0.383. The van der Waals surface area contributed by atoms with Crippen molar-refractivity contribution < 1.29 is 14.5 Å². The Morgan fingerprint density at radius 2 is 2.26 bits per heavy atom. The van der Waals surface area contributed by atoms with Crippen molar-refractivity contribution in [3.05, 3.63) is 33.9 Å². The van der Waals surface area contributed by atoms with Gasteiger partial charge in [-0.2, -0.15) is 0 Å². The van der Waals surface area contributed by atoms with Gasteiger partial charge in [0.05, 0.1) is 4.92 Å². The fraction of sp³-hybridized carbons (Fsp3) is 0.417. The van der Waals surface area contributed by atoms with Gasteiger partial charge in [-0.1, -0.05) is 0 Å². The molecule has 1 unspecified atom stereocenters. The molecule has 104 valence electrons. The second-order valence-electron chi connectivity index (χ2n) is 4.19. The molecular formula is C12H17N3O4. The van der Waals surface area contributed by atoms with Crippen LogP contribution in [0.3, 0.4) is 0 Å². The molecule has 0 heterocycles. The van der Waals surface area contributed by atoms with Crippen molar-refractivity contribution in [3.63, 3.8) is 0 Å². The molecule has 0 aliphatic carbocycles. The van der Waals surface area contributed by atoms with Gasteiger partial charge in [-0.25, -0.2) is 0 Å². The minimum Gasteiger partial charge on any atom is -0.393 e. The molecule has 0 saturated heterocycles. The average molecular weight is 267 g/mol. The molecule has 7 heteroatoms. The summed E-state index contributed by atoms with van der Waals surface area (Å²) in [5, 5.41) is 13.4. The van der Waals surface area contributed by atoms with Crippen molar-refractivity contribution in [2.45, 2.75) is 19.4 Å². The smallest absolute Gasteiger partial charge is 0.292 e. The fourth-order valence-electron chi connectivity index (χ4n) is 1.54. The SMILES string of the molecule is COCCC(C)NC(=O)c1ccc([N+](=O)[O-])c(N)c1. The average Bonchev–Trinajstić information content (AvgIpc) is 2.35. The predicted octanol–water partition coefficient (Wildman–Crippen LogP) is 1.33. The quantitative estimate of drug-likeness (QED) is 0.459. The monoisotopic (exact) mass is 267 g/mol. The van der Waals surface area contributed by atoms with Gasteiger partial charge in [-0.15, -0.1) is 0 Å². The van der Waals surface area contributed by atoms with E-state index >= 15 is 0 Å². The first-order chi connectivity index (χ1) is 8.95. The fourth-order valence-corrected chi connectivity index (χ4v) is 1.54. The number of nitrogens with one attached hydrogen (secondary N) is 1. The highest BCUT2D eigenvalue weighted by Gasteiger charge is 2.15. The van der Waals surface area contributed by atoms with Gasteiger partial charge in [0.1, 0.15) is 5.69 Å². The summed E-state index contributed by atoms with van der Waals surface area (Å²) in [5.74, 6) is -0.315. The Bertz CT molecular complexity index is 476. The zero-order valence-corrected chi connectivity index (χ0v) is 10.9. The van der Waals surface area contributed by atoms with E-state index < -0.39 is 4.92 Å². The lowest BCUT2D eigenvalue weighted by Gasteiger charge is -2.13. The number of hydrogen-bond acceptors (Lipinski definition) is 5. The molecule has 3 N–H and O–H groups in total. The number of nitrogens with zero attached hydrogens (tertiary/aromatic N) is 1. The van der Waals surface area contributed by atoms with Crippen LogP contribution < -0.4 is 11.1 Å². The first kappa shape index (κ1) is 14.9. The van der Waals surface area contributed by atoms with Gasteiger partial charge >= 0.3 is 0 Å². The molecule has 1 amide bonds. The van der Waals surface area contributed by atoms with E-state index in [-0.39, 0.29) is 23.3 Å². The lowest BCUT2D eigenvalue weighted by atomic mass is 10.1. The van der Waals surface area contributed by atoms with E-state index in [0.717, 1.165) is 0 Å². The minimum atomic E-state index is -0.585. The number of hydrogen-bond donors (Lipinski definition) is 2. The minimum absolute atomic E-state index is 0.0257. The third-order valence-electron chi connectivity index (χ3n) is 2.62. The normalized spacial score (nSPS) is 11.9. The van der Waals surface area contributed by atoms with Gasteiger partial charge in [0, 0.05) is 31.4 Å². The molecule has 0 fully saturated rings. The van der Waals surface area contributed by atoms with E-state index in [2.05, 4.69) is 5.32 Å². The molecule has 1 rings (SSSR count). The molecule has 1 aromatic carbocycles. The maximum Gasteiger partial charge on any atom is 0.292 e. The van der Waals surface area contributed by atoms with E-state index in [4.69, 9.17) is 10.5 Å². The van der Waals surface area contributed by atoms with Crippen LogP contribution in [0.1, 0.15) is 23.7 Å². The number of rotatable bonds is 6. The van der Waals surface area contributed by atoms with Crippen LogP contribution in [0.5, 0.6) is 0 Å². The Kier molecular flexibility index (Phi) is 5.25. The highest BCUT2D eigenvalue weighted by atomic mass is 16.6.